The van der Waals surface area contributed by atoms with Crippen LogP contribution in [-0.4, -0.2) is 28.1 Å². The number of anilines is 1. The molecule has 1 saturated carbocycles. The van der Waals surface area contributed by atoms with E-state index in [0.717, 1.165) is 24.9 Å². The zero-order valence-corrected chi connectivity index (χ0v) is 12.5. The summed E-state index contributed by atoms with van der Waals surface area (Å²) in [6.07, 6.45) is 4.43. The summed E-state index contributed by atoms with van der Waals surface area (Å²) in [6.45, 7) is 0. The summed E-state index contributed by atoms with van der Waals surface area (Å²) >= 11 is 11.1. The molecule has 1 aliphatic heterocycles. The molecule has 3 rings (SSSR count). The molecule has 2 atom stereocenters. The molecule has 1 heterocycles. The van der Waals surface area contributed by atoms with Crippen LogP contribution in [0.25, 0.3) is 0 Å². The number of thiocarbonyl (C=S) groups is 1. The Morgan fingerprint density at radius 3 is 2.75 bits per heavy atom. The highest BCUT2D eigenvalue weighted by atomic mass is 35.5. The SMILES string of the molecule is O=C(Nc1ccc(Cl)cc1)N1C(=S)N[C@@H]2CCCC[C@@H]21. The first-order chi connectivity index (χ1) is 9.65. The number of amides is 2. The Morgan fingerprint density at radius 2 is 2.00 bits per heavy atom. The molecule has 6 heteroatoms. The first-order valence-corrected chi connectivity index (χ1v) is 7.60. The van der Waals surface area contributed by atoms with Crippen LogP contribution >= 0.6 is 23.8 Å². The highest BCUT2D eigenvalue weighted by molar-refractivity contribution is 7.80. The molecular formula is C14H16ClN3OS. The van der Waals surface area contributed by atoms with Crippen molar-refractivity contribution >= 4 is 40.6 Å². The van der Waals surface area contributed by atoms with Crippen molar-refractivity contribution in [3.05, 3.63) is 29.3 Å². The van der Waals surface area contributed by atoms with Gasteiger partial charge in [-0.25, -0.2) is 4.79 Å². The van der Waals surface area contributed by atoms with E-state index in [1.54, 1.807) is 29.2 Å². The van der Waals surface area contributed by atoms with Gasteiger partial charge in [0, 0.05) is 16.8 Å². The fourth-order valence-corrected chi connectivity index (χ4v) is 3.42. The summed E-state index contributed by atoms with van der Waals surface area (Å²) < 4.78 is 0. The van der Waals surface area contributed by atoms with Gasteiger partial charge in [0.2, 0.25) is 0 Å². The van der Waals surface area contributed by atoms with Gasteiger partial charge in [-0.2, -0.15) is 0 Å². The molecule has 2 N–H and O–H groups in total. The second-order valence-electron chi connectivity index (χ2n) is 5.21. The van der Waals surface area contributed by atoms with E-state index in [9.17, 15) is 4.79 Å². The van der Waals surface area contributed by atoms with Gasteiger partial charge in [0.15, 0.2) is 5.11 Å². The Balaban J connectivity index is 1.72. The molecule has 1 aromatic rings. The molecule has 0 bridgehead atoms. The van der Waals surface area contributed by atoms with Gasteiger partial charge in [-0.3, -0.25) is 4.90 Å². The summed E-state index contributed by atoms with van der Waals surface area (Å²) in [5.74, 6) is 0. The Labute approximate surface area is 128 Å². The molecule has 0 aromatic heterocycles. The van der Waals surface area contributed by atoms with Crippen molar-refractivity contribution in [1.82, 2.24) is 10.2 Å². The number of carbonyl (C=O) groups excluding carboxylic acids is 1. The zero-order chi connectivity index (χ0) is 14.1. The molecule has 0 radical (unpaired) electrons. The van der Waals surface area contributed by atoms with E-state index in [2.05, 4.69) is 10.6 Å². The first-order valence-electron chi connectivity index (χ1n) is 6.81. The van der Waals surface area contributed by atoms with Crippen LogP contribution in [0.4, 0.5) is 10.5 Å². The molecule has 0 unspecified atom stereocenters. The van der Waals surface area contributed by atoms with Crippen LogP contribution in [0, 0.1) is 0 Å². The van der Waals surface area contributed by atoms with Crippen molar-refractivity contribution in [3.8, 4) is 0 Å². The Hall–Kier alpha value is -1.33. The predicted molar refractivity (Wildman–Crippen MR) is 84.1 cm³/mol. The van der Waals surface area contributed by atoms with Gasteiger partial charge in [0.25, 0.3) is 0 Å². The second-order valence-corrected chi connectivity index (χ2v) is 6.04. The van der Waals surface area contributed by atoms with Gasteiger partial charge in [-0.1, -0.05) is 24.4 Å². The Bertz CT molecular complexity index is 534. The molecule has 2 fully saturated rings. The summed E-state index contributed by atoms with van der Waals surface area (Å²) in [5.41, 5.74) is 0.724. The van der Waals surface area contributed by atoms with Crippen LogP contribution in [0.15, 0.2) is 24.3 Å². The molecule has 2 aliphatic rings. The van der Waals surface area contributed by atoms with Crippen LogP contribution in [-0.2, 0) is 0 Å². The maximum atomic E-state index is 12.4. The maximum Gasteiger partial charge on any atom is 0.328 e. The van der Waals surface area contributed by atoms with Crippen molar-refractivity contribution in [2.75, 3.05) is 5.32 Å². The van der Waals surface area contributed by atoms with Gasteiger partial charge in [-0.15, -0.1) is 0 Å². The average molecular weight is 310 g/mol. The van der Waals surface area contributed by atoms with Crippen molar-refractivity contribution < 1.29 is 4.79 Å². The molecule has 2 amide bonds. The van der Waals surface area contributed by atoms with Gasteiger partial charge in [0.1, 0.15) is 0 Å². The average Bonchev–Trinajstić information content (AvgIpc) is 2.77. The van der Waals surface area contributed by atoms with Crippen molar-refractivity contribution in [1.29, 1.82) is 0 Å². The van der Waals surface area contributed by atoms with E-state index < -0.39 is 0 Å². The van der Waals surface area contributed by atoms with Crippen molar-refractivity contribution in [2.45, 2.75) is 37.8 Å². The Kier molecular flexibility index (Phi) is 3.81. The van der Waals surface area contributed by atoms with E-state index in [1.807, 2.05) is 0 Å². The number of nitrogens with one attached hydrogen (secondary N) is 2. The maximum absolute atomic E-state index is 12.4. The molecule has 106 valence electrons. The lowest BCUT2D eigenvalue weighted by atomic mass is 9.91. The molecule has 20 heavy (non-hydrogen) atoms. The van der Waals surface area contributed by atoms with Crippen LogP contribution < -0.4 is 10.6 Å². The third kappa shape index (κ3) is 2.60. The quantitative estimate of drug-likeness (QED) is 0.782. The minimum absolute atomic E-state index is 0.167. The highest BCUT2D eigenvalue weighted by Crippen LogP contribution is 2.28. The summed E-state index contributed by atoms with van der Waals surface area (Å²) in [4.78, 5) is 14.1. The van der Waals surface area contributed by atoms with Crippen LogP contribution in [0.1, 0.15) is 25.7 Å². The predicted octanol–water partition coefficient (Wildman–Crippen LogP) is 3.37. The number of fused-ring (bicyclic) bond motifs is 1. The lowest BCUT2D eigenvalue weighted by molar-refractivity contribution is 0.212. The van der Waals surface area contributed by atoms with E-state index in [1.165, 1.54) is 6.42 Å². The minimum Gasteiger partial charge on any atom is -0.357 e. The normalized spacial score (nSPS) is 25.1. The fraction of sp³-hybridized carbons (Fsp3) is 0.429. The van der Waals surface area contributed by atoms with Gasteiger partial charge in [-0.05, 0) is 49.3 Å². The van der Waals surface area contributed by atoms with E-state index >= 15 is 0 Å². The number of benzene rings is 1. The van der Waals surface area contributed by atoms with Crippen LogP contribution in [0.3, 0.4) is 0 Å². The lowest BCUT2D eigenvalue weighted by Gasteiger charge is -2.29. The molecule has 0 spiro atoms. The summed E-state index contributed by atoms with van der Waals surface area (Å²) in [5, 5.41) is 7.31. The third-order valence-electron chi connectivity index (χ3n) is 3.90. The number of hydrogen-bond donors (Lipinski definition) is 2. The first kappa shape index (κ1) is 13.6. The van der Waals surface area contributed by atoms with Gasteiger partial charge < -0.3 is 10.6 Å². The number of hydrogen-bond acceptors (Lipinski definition) is 2. The van der Waals surface area contributed by atoms with Crippen LogP contribution in [0.2, 0.25) is 5.02 Å². The van der Waals surface area contributed by atoms with Crippen molar-refractivity contribution in [3.63, 3.8) is 0 Å². The number of rotatable bonds is 1. The minimum atomic E-state index is -0.167. The van der Waals surface area contributed by atoms with E-state index in [0.29, 0.717) is 16.2 Å². The molecule has 1 saturated heterocycles. The zero-order valence-electron chi connectivity index (χ0n) is 10.9. The molecule has 4 nitrogen and oxygen atoms in total. The third-order valence-corrected chi connectivity index (χ3v) is 4.47. The van der Waals surface area contributed by atoms with Gasteiger partial charge >= 0.3 is 6.03 Å². The van der Waals surface area contributed by atoms with Crippen molar-refractivity contribution in [2.24, 2.45) is 0 Å². The summed E-state index contributed by atoms with van der Waals surface area (Å²) in [6, 6.07) is 7.40. The molecule has 1 aromatic carbocycles. The Morgan fingerprint density at radius 1 is 1.30 bits per heavy atom. The number of halogens is 1. The highest BCUT2D eigenvalue weighted by Gasteiger charge is 2.41. The smallest absolute Gasteiger partial charge is 0.328 e. The van der Waals surface area contributed by atoms with E-state index in [4.69, 9.17) is 23.8 Å². The topological polar surface area (TPSA) is 44.4 Å². The second kappa shape index (κ2) is 5.58. The number of nitrogens with zero attached hydrogens (tertiary/aromatic N) is 1. The monoisotopic (exact) mass is 309 g/mol. The van der Waals surface area contributed by atoms with E-state index in [-0.39, 0.29) is 12.1 Å². The lowest BCUT2D eigenvalue weighted by Crippen LogP contribution is -2.44. The largest absolute Gasteiger partial charge is 0.357 e. The number of carbonyl (C=O) groups is 1. The molecular weight excluding hydrogens is 294 g/mol. The van der Waals surface area contributed by atoms with Crippen LogP contribution in [0.5, 0.6) is 0 Å². The fourth-order valence-electron chi connectivity index (χ4n) is 2.93. The van der Waals surface area contributed by atoms with Gasteiger partial charge in [0.05, 0.1) is 6.04 Å². The molecule has 1 aliphatic carbocycles. The summed E-state index contributed by atoms with van der Waals surface area (Å²) in [7, 11) is 0. The number of urea groups is 1. The standard InChI is InChI=1S/C14H16ClN3OS/c15-9-5-7-10(8-6-9)16-13(19)18-12-4-2-1-3-11(12)17-14(18)20/h5-8,11-12H,1-4H2,(H,16,19)(H,17,20)/t11-,12+/m1/s1.